The maximum absolute atomic E-state index is 12.1. The monoisotopic (exact) mass is 298 g/mol. The van der Waals surface area contributed by atoms with E-state index >= 15 is 0 Å². The first-order valence-electron chi connectivity index (χ1n) is 8.07. The van der Waals surface area contributed by atoms with Crippen LogP contribution in [0, 0.1) is 11.3 Å². The lowest BCUT2D eigenvalue weighted by Crippen LogP contribution is -2.51. The van der Waals surface area contributed by atoms with Crippen molar-refractivity contribution < 1.29 is 14.7 Å². The smallest absolute Gasteiger partial charge is 0.309 e. The van der Waals surface area contributed by atoms with Gasteiger partial charge in [0.25, 0.3) is 0 Å². The van der Waals surface area contributed by atoms with Crippen LogP contribution in [-0.4, -0.2) is 47.6 Å². The van der Waals surface area contributed by atoms with Crippen molar-refractivity contribution in [2.45, 2.75) is 59.4 Å². The maximum atomic E-state index is 12.1. The van der Waals surface area contributed by atoms with Crippen LogP contribution in [0.1, 0.15) is 53.4 Å². The number of amides is 1. The van der Waals surface area contributed by atoms with Crippen LogP contribution in [0.15, 0.2) is 0 Å². The lowest BCUT2D eigenvalue weighted by molar-refractivity contribution is -0.152. The number of carboxylic acid groups (broad SMARTS) is 1. The Labute approximate surface area is 128 Å². The number of nitrogens with zero attached hydrogens (tertiary/aromatic N) is 1. The standard InChI is InChI=1S/C16H30N2O3/c1-5-16(15(20)21)7-10-18(11-8-16)13(4)14(19)17-9-6-12(2)3/h12-13H,5-11H2,1-4H3,(H,17,19)(H,20,21). The number of aliphatic carboxylic acids is 1. The SMILES string of the molecule is CCC1(C(=O)O)CCN(C(C)C(=O)NCCC(C)C)CC1. The van der Waals surface area contributed by atoms with Crippen molar-refractivity contribution in [3.05, 3.63) is 0 Å². The zero-order chi connectivity index (χ0) is 16.0. The minimum atomic E-state index is -0.696. The molecule has 122 valence electrons. The molecule has 1 aliphatic rings. The fourth-order valence-electron chi connectivity index (χ4n) is 2.86. The molecule has 1 saturated heterocycles. The van der Waals surface area contributed by atoms with Crippen LogP contribution in [0.3, 0.4) is 0 Å². The van der Waals surface area contributed by atoms with Crippen LogP contribution in [0.25, 0.3) is 0 Å². The van der Waals surface area contributed by atoms with E-state index in [-0.39, 0.29) is 11.9 Å². The highest BCUT2D eigenvalue weighted by Crippen LogP contribution is 2.35. The fraction of sp³-hybridized carbons (Fsp3) is 0.875. The Hall–Kier alpha value is -1.10. The summed E-state index contributed by atoms with van der Waals surface area (Å²) in [5, 5.41) is 12.4. The lowest BCUT2D eigenvalue weighted by Gasteiger charge is -2.40. The molecule has 1 amide bonds. The average molecular weight is 298 g/mol. The van der Waals surface area contributed by atoms with Gasteiger partial charge in [0.1, 0.15) is 0 Å². The van der Waals surface area contributed by atoms with Gasteiger partial charge in [-0.1, -0.05) is 20.8 Å². The molecule has 1 unspecified atom stereocenters. The summed E-state index contributed by atoms with van der Waals surface area (Å²) >= 11 is 0. The largest absolute Gasteiger partial charge is 0.481 e. The van der Waals surface area contributed by atoms with Crippen molar-refractivity contribution in [1.82, 2.24) is 10.2 Å². The van der Waals surface area contributed by atoms with Gasteiger partial charge in [0, 0.05) is 19.6 Å². The topological polar surface area (TPSA) is 69.6 Å². The van der Waals surface area contributed by atoms with Gasteiger partial charge >= 0.3 is 5.97 Å². The van der Waals surface area contributed by atoms with E-state index in [1.807, 2.05) is 13.8 Å². The molecule has 0 aromatic heterocycles. The zero-order valence-corrected chi connectivity index (χ0v) is 13.8. The molecule has 0 aliphatic carbocycles. The normalized spacial score (nSPS) is 20.2. The van der Waals surface area contributed by atoms with E-state index in [9.17, 15) is 14.7 Å². The average Bonchev–Trinajstić information content (AvgIpc) is 2.45. The van der Waals surface area contributed by atoms with Crippen molar-refractivity contribution in [3.8, 4) is 0 Å². The molecule has 0 aromatic carbocycles. The third kappa shape index (κ3) is 4.70. The van der Waals surface area contributed by atoms with E-state index in [2.05, 4.69) is 24.1 Å². The summed E-state index contributed by atoms with van der Waals surface area (Å²) in [5.74, 6) is -0.0648. The molecule has 0 bridgehead atoms. The van der Waals surface area contributed by atoms with Crippen LogP contribution >= 0.6 is 0 Å². The minimum Gasteiger partial charge on any atom is -0.481 e. The van der Waals surface area contributed by atoms with Crippen molar-refractivity contribution in [1.29, 1.82) is 0 Å². The molecule has 5 heteroatoms. The predicted octanol–water partition coefficient (Wildman–Crippen LogP) is 2.11. The number of piperidine rings is 1. The van der Waals surface area contributed by atoms with Crippen LogP contribution in [0.4, 0.5) is 0 Å². The highest BCUT2D eigenvalue weighted by molar-refractivity contribution is 5.81. The molecule has 1 heterocycles. The molecule has 0 radical (unpaired) electrons. The van der Waals surface area contributed by atoms with Gasteiger partial charge in [-0.15, -0.1) is 0 Å². The van der Waals surface area contributed by atoms with Gasteiger partial charge in [-0.25, -0.2) is 0 Å². The lowest BCUT2D eigenvalue weighted by atomic mass is 9.76. The van der Waals surface area contributed by atoms with E-state index in [1.54, 1.807) is 0 Å². The van der Waals surface area contributed by atoms with Gasteiger partial charge in [0.15, 0.2) is 0 Å². The van der Waals surface area contributed by atoms with Gasteiger partial charge in [-0.3, -0.25) is 14.5 Å². The Morgan fingerprint density at radius 2 is 1.81 bits per heavy atom. The van der Waals surface area contributed by atoms with Crippen molar-refractivity contribution in [2.75, 3.05) is 19.6 Å². The molecule has 1 aliphatic heterocycles. The molecular weight excluding hydrogens is 268 g/mol. The van der Waals surface area contributed by atoms with Gasteiger partial charge in [0.05, 0.1) is 11.5 Å². The number of hydrogen-bond donors (Lipinski definition) is 2. The highest BCUT2D eigenvalue weighted by Gasteiger charge is 2.41. The third-order valence-electron chi connectivity index (χ3n) is 4.83. The van der Waals surface area contributed by atoms with Crippen LogP contribution < -0.4 is 5.32 Å². The summed E-state index contributed by atoms with van der Waals surface area (Å²) in [7, 11) is 0. The van der Waals surface area contributed by atoms with Crippen molar-refractivity contribution in [3.63, 3.8) is 0 Å². The first kappa shape index (κ1) is 18.0. The second-order valence-electron chi connectivity index (χ2n) is 6.62. The summed E-state index contributed by atoms with van der Waals surface area (Å²) in [6.07, 6.45) is 2.90. The minimum absolute atomic E-state index is 0.0509. The molecule has 5 nitrogen and oxygen atoms in total. The number of carboxylic acids is 1. The molecule has 1 rings (SSSR count). The predicted molar refractivity (Wildman–Crippen MR) is 83.1 cm³/mol. The highest BCUT2D eigenvalue weighted by atomic mass is 16.4. The first-order chi connectivity index (χ1) is 9.82. The van der Waals surface area contributed by atoms with Gasteiger partial charge in [-0.2, -0.15) is 0 Å². The van der Waals surface area contributed by atoms with Crippen LogP contribution in [0.5, 0.6) is 0 Å². The number of rotatable bonds is 7. The molecular formula is C16H30N2O3. The maximum Gasteiger partial charge on any atom is 0.309 e. The third-order valence-corrected chi connectivity index (χ3v) is 4.83. The molecule has 0 saturated carbocycles. The molecule has 1 fully saturated rings. The number of likely N-dealkylation sites (tertiary alicyclic amines) is 1. The molecule has 21 heavy (non-hydrogen) atoms. The summed E-state index contributed by atoms with van der Waals surface area (Å²) in [6.45, 7) is 10.2. The van der Waals surface area contributed by atoms with Crippen molar-refractivity contribution in [2.24, 2.45) is 11.3 Å². The van der Waals surface area contributed by atoms with E-state index < -0.39 is 11.4 Å². The van der Waals surface area contributed by atoms with Gasteiger partial charge < -0.3 is 10.4 Å². The Balaban J connectivity index is 2.46. The second kappa shape index (κ2) is 7.78. The molecule has 2 N–H and O–H groups in total. The second-order valence-corrected chi connectivity index (χ2v) is 6.62. The Kier molecular flexibility index (Phi) is 6.65. The number of carbonyl (C=O) groups is 2. The first-order valence-corrected chi connectivity index (χ1v) is 8.07. The summed E-state index contributed by atoms with van der Waals surface area (Å²) in [4.78, 5) is 25.6. The van der Waals surface area contributed by atoms with Gasteiger partial charge in [-0.05, 0) is 38.5 Å². The van der Waals surface area contributed by atoms with Gasteiger partial charge in [0.2, 0.25) is 5.91 Å². The van der Waals surface area contributed by atoms with Crippen molar-refractivity contribution >= 4 is 11.9 Å². The fourth-order valence-corrected chi connectivity index (χ4v) is 2.86. The van der Waals surface area contributed by atoms with E-state index in [0.29, 0.717) is 44.8 Å². The molecule has 0 spiro atoms. The number of hydrogen-bond acceptors (Lipinski definition) is 3. The Morgan fingerprint density at radius 3 is 2.24 bits per heavy atom. The Bertz CT molecular complexity index is 361. The molecule has 0 aromatic rings. The zero-order valence-electron chi connectivity index (χ0n) is 13.8. The number of nitrogens with one attached hydrogen (secondary N) is 1. The van der Waals surface area contributed by atoms with E-state index in [0.717, 1.165) is 6.42 Å². The summed E-state index contributed by atoms with van der Waals surface area (Å²) < 4.78 is 0. The number of carbonyl (C=O) groups excluding carboxylic acids is 1. The Morgan fingerprint density at radius 1 is 1.24 bits per heavy atom. The van der Waals surface area contributed by atoms with E-state index in [4.69, 9.17) is 0 Å². The molecule has 1 atom stereocenters. The van der Waals surface area contributed by atoms with Crippen LogP contribution in [0.2, 0.25) is 0 Å². The summed E-state index contributed by atoms with van der Waals surface area (Å²) in [5.41, 5.74) is -0.593. The van der Waals surface area contributed by atoms with Crippen LogP contribution in [-0.2, 0) is 9.59 Å². The summed E-state index contributed by atoms with van der Waals surface area (Å²) in [6, 6.07) is -0.180. The van der Waals surface area contributed by atoms with E-state index in [1.165, 1.54) is 0 Å². The quantitative estimate of drug-likeness (QED) is 0.755.